The maximum absolute atomic E-state index is 13.4. The standard InChI is InChI=1S/C23H25N3O3/c1-3-18(13-8-10-16(28-2)11-9-13)24-22(27)17-12-19(14-4-5-14)25-23-20(17)21(26-29-23)15-6-7-15/h8-12,14-15,18H,3-7H2,1-2H3,(H,24,27). The number of fused-ring (bicyclic) bond motifs is 1. The first-order chi connectivity index (χ1) is 14.2. The molecule has 1 N–H and O–H groups in total. The van der Waals surface area contributed by atoms with Crippen molar-refractivity contribution in [3.05, 3.63) is 52.8 Å². The molecule has 1 unspecified atom stereocenters. The van der Waals surface area contributed by atoms with Gasteiger partial charge in [0.2, 0.25) is 0 Å². The number of hydrogen-bond donors (Lipinski definition) is 1. The smallest absolute Gasteiger partial charge is 0.259 e. The van der Waals surface area contributed by atoms with Crippen molar-refractivity contribution in [3.8, 4) is 5.75 Å². The topological polar surface area (TPSA) is 77.3 Å². The predicted molar refractivity (Wildman–Crippen MR) is 109 cm³/mol. The number of methoxy groups -OCH3 is 1. The van der Waals surface area contributed by atoms with E-state index in [1.807, 2.05) is 30.3 Å². The summed E-state index contributed by atoms with van der Waals surface area (Å²) in [6.07, 6.45) is 5.22. The minimum absolute atomic E-state index is 0.0785. The highest BCUT2D eigenvalue weighted by Crippen LogP contribution is 2.45. The molecule has 2 aliphatic carbocycles. The van der Waals surface area contributed by atoms with Gasteiger partial charge in [0.15, 0.2) is 0 Å². The number of nitrogens with one attached hydrogen (secondary N) is 1. The van der Waals surface area contributed by atoms with Crippen LogP contribution in [0.5, 0.6) is 5.75 Å². The fourth-order valence-corrected chi connectivity index (χ4v) is 3.89. The summed E-state index contributed by atoms with van der Waals surface area (Å²) in [4.78, 5) is 18.0. The number of benzene rings is 1. The average molecular weight is 391 g/mol. The summed E-state index contributed by atoms with van der Waals surface area (Å²) in [5, 5.41) is 8.27. The van der Waals surface area contributed by atoms with Gasteiger partial charge in [-0.1, -0.05) is 24.2 Å². The molecule has 2 saturated carbocycles. The first-order valence-corrected chi connectivity index (χ1v) is 10.4. The lowest BCUT2D eigenvalue weighted by Gasteiger charge is -2.18. The SMILES string of the molecule is CCC(NC(=O)c1cc(C2CC2)nc2onc(C3CC3)c12)c1ccc(OC)cc1. The highest BCUT2D eigenvalue weighted by atomic mass is 16.5. The van der Waals surface area contributed by atoms with Gasteiger partial charge in [0.25, 0.3) is 11.6 Å². The summed E-state index contributed by atoms with van der Waals surface area (Å²) < 4.78 is 10.8. The Balaban J connectivity index is 1.49. The van der Waals surface area contributed by atoms with Crippen molar-refractivity contribution in [1.29, 1.82) is 0 Å². The van der Waals surface area contributed by atoms with E-state index in [2.05, 4.69) is 22.4 Å². The molecule has 2 fully saturated rings. The molecule has 6 heteroatoms. The molecule has 6 nitrogen and oxygen atoms in total. The van der Waals surface area contributed by atoms with E-state index in [4.69, 9.17) is 9.26 Å². The number of hydrogen-bond acceptors (Lipinski definition) is 5. The van der Waals surface area contributed by atoms with E-state index in [1.54, 1.807) is 7.11 Å². The van der Waals surface area contributed by atoms with Crippen molar-refractivity contribution < 1.29 is 14.1 Å². The van der Waals surface area contributed by atoms with Gasteiger partial charge in [0.05, 0.1) is 29.8 Å². The molecule has 0 saturated heterocycles. The molecule has 0 aliphatic heterocycles. The summed E-state index contributed by atoms with van der Waals surface area (Å²) >= 11 is 0. The van der Waals surface area contributed by atoms with Gasteiger partial charge in [-0.2, -0.15) is 0 Å². The molecule has 0 bridgehead atoms. The van der Waals surface area contributed by atoms with E-state index in [0.717, 1.165) is 60.2 Å². The van der Waals surface area contributed by atoms with Crippen LogP contribution in [0, 0.1) is 0 Å². The Morgan fingerprint density at radius 1 is 1.21 bits per heavy atom. The van der Waals surface area contributed by atoms with Crippen LogP contribution in [0.4, 0.5) is 0 Å². The molecule has 29 heavy (non-hydrogen) atoms. The van der Waals surface area contributed by atoms with Crippen molar-refractivity contribution in [3.63, 3.8) is 0 Å². The van der Waals surface area contributed by atoms with Crippen LogP contribution < -0.4 is 10.1 Å². The fraction of sp³-hybridized carbons (Fsp3) is 0.435. The average Bonchev–Trinajstić information content (AvgIpc) is 3.69. The minimum Gasteiger partial charge on any atom is -0.497 e. The fourth-order valence-electron chi connectivity index (χ4n) is 3.89. The molecule has 1 aromatic carbocycles. The summed E-state index contributed by atoms with van der Waals surface area (Å²) in [5.41, 5.74) is 4.03. The van der Waals surface area contributed by atoms with E-state index >= 15 is 0 Å². The van der Waals surface area contributed by atoms with Crippen LogP contribution in [0.15, 0.2) is 34.9 Å². The lowest BCUT2D eigenvalue weighted by Crippen LogP contribution is -2.28. The largest absolute Gasteiger partial charge is 0.497 e. The number of nitrogens with zero attached hydrogens (tertiary/aromatic N) is 2. The number of carbonyl (C=O) groups is 1. The molecule has 1 amide bonds. The maximum Gasteiger partial charge on any atom is 0.259 e. The molecule has 3 aromatic rings. The molecular weight excluding hydrogens is 366 g/mol. The van der Waals surface area contributed by atoms with E-state index in [0.29, 0.717) is 23.1 Å². The lowest BCUT2D eigenvalue weighted by molar-refractivity contribution is 0.0937. The van der Waals surface area contributed by atoms with Gasteiger partial charge < -0.3 is 14.6 Å². The van der Waals surface area contributed by atoms with Gasteiger partial charge in [-0.3, -0.25) is 4.79 Å². The van der Waals surface area contributed by atoms with Crippen LogP contribution in [0.1, 0.15) is 84.2 Å². The van der Waals surface area contributed by atoms with Crippen LogP contribution in [-0.2, 0) is 0 Å². The van der Waals surface area contributed by atoms with Gasteiger partial charge in [0, 0.05) is 17.5 Å². The van der Waals surface area contributed by atoms with Crippen molar-refractivity contribution in [2.24, 2.45) is 0 Å². The number of ether oxygens (including phenoxy) is 1. The summed E-state index contributed by atoms with van der Waals surface area (Å²) in [6, 6.07) is 9.72. The first-order valence-electron chi connectivity index (χ1n) is 10.4. The number of amides is 1. The van der Waals surface area contributed by atoms with Gasteiger partial charge >= 0.3 is 0 Å². The number of rotatable bonds is 7. The second-order valence-corrected chi connectivity index (χ2v) is 8.10. The molecular formula is C23H25N3O3. The van der Waals surface area contributed by atoms with Gasteiger partial charge in [0.1, 0.15) is 5.75 Å². The normalized spacial score (nSPS) is 17.3. The Morgan fingerprint density at radius 2 is 1.93 bits per heavy atom. The second kappa shape index (κ2) is 7.17. The maximum atomic E-state index is 13.4. The third-order valence-electron chi connectivity index (χ3n) is 5.93. The van der Waals surface area contributed by atoms with E-state index in [1.165, 1.54) is 0 Å². The third kappa shape index (κ3) is 3.48. The van der Waals surface area contributed by atoms with E-state index < -0.39 is 0 Å². The summed E-state index contributed by atoms with van der Waals surface area (Å²) in [5.74, 6) is 1.54. The molecule has 150 valence electrons. The Labute approximate surface area is 169 Å². The number of pyridine rings is 1. The Hall–Kier alpha value is -2.89. The number of aromatic nitrogens is 2. The zero-order valence-corrected chi connectivity index (χ0v) is 16.8. The van der Waals surface area contributed by atoms with Crippen LogP contribution >= 0.6 is 0 Å². The molecule has 2 heterocycles. The van der Waals surface area contributed by atoms with Crippen LogP contribution in [0.2, 0.25) is 0 Å². The van der Waals surface area contributed by atoms with Crippen molar-refractivity contribution in [2.75, 3.05) is 7.11 Å². The highest BCUT2D eigenvalue weighted by molar-refractivity contribution is 6.06. The van der Waals surface area contributed by atoms with Crippen LogP contribution in [-0.4, -0.2) is 23.2 Å². The highest BCUT2D eigenvalue weighted by Gasteiger charge is 2.34. The Morgan fingerprint density at radius 3 is 2.55 bits per heavy atom. The van der Waals surface area contributed by atoms with Crippen molar-refractivity contribution in [1.82, 2.24) is 15.5 Å². The quantitative estimate of drug-likeness (QED) is 0.622. The van der Waals surface area contributed by atoms with Crippen LogP contribution in [0.25, 0.3) is 11.1 Å². The Kier molecular flexibility index (Phi) is 4.49. The van der Waals surface area contributed by atoms with Crippen molar-refractivity contribution >= 4 is 17.0 Å². The summed E-state index contributed by atoms with van der Waals surface area (Å²) in [7, 11) is 1.65. The van der Waals surface area contributed by atoms with E-state index in [9.17, 15) is 4.79 Å². The number of carbonyl (C=O) groups excluding carboxylic acids is 1. The monoisotopic (exact) mass is 391 g/mol. The van der Waals surface area contributed by atoms with Crippen molar-refractivity contribution in [2.45, 2.75) is 56.9 Å². The van der Waals surface area contributed by atoms with E-state index in [-0.39, 0.29) is 11.9 Å². The third-order valence-corrected chi connectivity index (χ3v) is 5.93. The molecule has 2 aromatic heterocycles. The zero-order chi connectivity index (χ0) is 20.0. The molecule has 5 rings (SSSR count). The first kappa shape index (κ1) is 18.2. The summed E-state index contributed by atoms with van der Waals surface area (Å²) in [6.45, 7) is 2.07. The van der Waals surface area contributed by atoms with Gasteiger partial charge in [-0.15, -0.1) is 0 Å². The molecule has 1 atom stereocenters. The minimum atomic E-state index is -0.0907. The lowest BCUT2D eigenvalue weighted by atomic mass is 10.0. The molecule has 0 radical (unpaired) electrons. The second-order valence-electron chi connectivity index (χ2n) is 8.10. The molecule has 2 aliphatic rings. The van der Waals surface area contributed by atoms with Gasteiger partial charge in [-0.25, -0.2) is 4.98 Å². The van der Waals surface area contributed by atoms with Gasteiger partial charge in [-0.05, 0) is 55.9 Å². The predicted octanol–water partition coefficient (Wildman–Crippen LogP) is 4.87. The Bertz CT molecular complexity index is 1050. The van der Waals surface area contributed by atoms with Crippen LogP contribution in [0.3, 0.4) is 0 Å². The molecule has 0 spiro atoms. The zero-order valence-electron chi connectivity index (χ0n) is 16.8.